The van der Waals surface area contributed by atoms with Crippen molar-refractivity contribution in [2.24, 2.45) is 0 Å². The molecule has 0 radical (unpaired) electrons. The van der Waals surface area contributed by atoms with Gasteiger partial charge in [-0.25, -0.2) is 0 Å². The zero-order valence-corrected chi connectivity index (χ0v) is 16.8. The molecule has 0 saturated heterocycles. The van der Waals surface area contributed by atoms with Gasteiger partial charge in [-0.15, -0.1) is 12.4 Å². The minimum Gasteiger partial charge on any atom is -0.482 e. The summed E-state index contributed by atoms with van der Waals surface area (Å²) in [6.45, 7) is 4.98. The Balaban J connectivity index is 0.00000364. The zero-order valence-electron chi connectivity index (χ0n) is 15.2. The van der Waals surface area contributed by atoms with E-state index in [-0.39, 0.29) is 30.8 Å². The number of hydrogen-bond donors (Lipinski definition) is 2. The molecule has 27 heavy (non-hydrogen) atoms. The molecule has 2 rings (SSSR count). The van der Waals surface area contributed by atoms with E-state index >= 15 is 0 Å². The number of carbonyl (C=O) groups excluding carboxylic acids is 2. The van der Waals surface area contributed by atoms with Gasteiger partial charge in [-0.1, -0.05) is 23.7 Å². The van der Waals surface area contributed by atoms with Gasteiger partial charge in [-0.2, -0.15) is 0 Å². The number of hydrogen-bond acceptors (Lipinski definition) is 4. The van der Waals surface area contributed by atoms with E-state index in [1.54, 1.807) is 47.4 Å². The van der Waals surface area contributed by atoms with E-state index in [2.05, 4.69) is 5.32 Å². The highest BCUT2D eigenvalue weighted by atomic mass is 35.5. The molecule has 0 atom stereocenters. The molecule has 0 aliphatic rings. The van der Waals surface area contributed by atoms with Gasteiger partial charge < -0.3 is 20.7 Å². The minimum absolute atomic E-state index is 0. The Morgan fingerprint density at radius 2 is 1.81 bits per heavy atom. The average molecular weight is 412 g/mol. The summed E-state index contributed by atoms with van der Waals surface area (Å²) in [6, 6.07) is 11.6. The van der Waals surface area contributed by atoms with Crippen molar-refractivity contribution in [3.8, 4) is 5.75 Å². The molecule has 3 N–H and O–H groups in total. The summed E-state index contributed by atoms with van der Waals surface area (Å²) in [5.74, 6) is -0.0584. The molecule has 0 aliphatic carbocycles. The summed E-state index contributed by atoms with van der Waals surface area (Å²) in [5, 5.41) is 3.04. The molecule has 0 spiro atoms. The van der Waals surface area contributed by atoms with Crippen LogP contribution in [-0.4, -0.2) is 36.4 Å². The standard InChI is InChI=1S/C19H22ClN3O3.ClH/c1-3-23(4-2)18(24)12-26-17-10-9-13(11-15(17)20)22-19(25)14-7-5-6-8-16(14)21;/h5-11H,3-4,12,21H2,1-2H3,(H,22,25);1H. The summed E-state index contributed by atoms with van der Waals surface area (Å²) in [7, 11) is 0. The first-order valence-electron chi connectivity index (χ1n) is 8.32. The van der Waals surface area contributed by atoms with Crippen LogP contribution in [0.25, 0.3) is 0 Å². The fraction of sp³-hybridized carbons (Fsp3) is 0.263. The maximum atomic E-state index is 12.3. The molecule has 0 bridgehead atoms. The van der Waals surface area contributed by atoms with Crippen LogP contribution < -0.4 is 15.8 Å². The number of carbonyl (C=O) groups is 2. The van der Waals surface area contributed by atoms with Crippen molar-refractivity contribution in [2.75, 3.05) is 30.7 Å². The van der Waals surface area contributed by atoms with Crippen molar-refractivity contribution in [3.05, 3.63) is 53.1 Å². The van der Waals surface area contributed by atoms with Crippen LogP contribution in [0.3, 0.4) is 0 Å². The molecule has 0 fully saturated rings. The predicted octanol–water partition coefficient (Wildman–Crippen LogP) is 3.84. The fourth-order valence-electron chi connectivity index (χ4n) is 2.40. The largest absolute Gasteiger partial charge is 0.482 e. The van der Waals surface area contributed by atoms with Crippen molar-refractivity contribution < 1.29 is 14.3 Å². The van der Waals surface area contributed by atoms with Gasteiger partial charge in [0.2, 0.25) is 0 Å². The topological polar surface area (TPSA) is 84.7 Å². The number of para-hydroxylation sites is 1. The van der Waals surface area contributed by atoms with Gasteiger partial charge in [0.25, 0.3) is 11.8 Å². The Morgan fingerprint density at radius 3 is 2.41 bits per heavy atom. The van der Waals surface area contributed by atoms with Crippen molar-refractivity contribution in [2.45, 2.75) is 13.8 Å². The maximum Gasteiger partial charge on any atom is 0.260 e. The van der Waals surface area contributed by atoms with Crippen molar-refractivity contribution in [1.29, 1.82) is 0 Å². The second-order valence-corrected chi connectivity index (χ2v) is 5.95. The van der Waals surface area contributed by atoms with E-state index < -0.39 is 0 Å². The third kappa shape index (κ3) is 6.05. The normalized spacial score (nSPS) is 9.89. The lowest BCUT2D eigenvalue weighted by Crippen LogP contribution is -2.34. The molecule has 0 aromatic heterocycles. The highest BCUT2D eigenvalue weighted by Gasteiger charge is 2.13. The number of halogens is 2. The SMILES string of the molecule is CCN(CC)C(=O)COc1ccc(NC(=O)c2ccccc2N)cc1Cl.Cl. The van der Waals surface area contributed by atoms with Crippen LogP contribution in [0.15, 0.2) is 42.5 Å². The second-order valence-electron chi connectivity index (χ2n) is 5.54. The van der Waals surface area contributed by atoms with E-state index in [1.807, 2.05) is 13.8 Å². The van der Waals surface area contributed by atoms with Crippen molar-refractivity contribution in [1.82, 2.24) is 4.90 Å². The van der Waals surface area contributed by atoms with Gasteiger partial charge in [0.15, 0.2) is 6.61 Å². The molecule has 0 heterocycles. The first-order valence-corrected chi connectivity index (χ1v) is 8.70. The van der Waals surface area contributed by atoms with Crippen LogP contribution in [0.2, 0.25) is 5.02 Å². The third-order valence-corrected chi connectivity index (χ3v) is 4.16. The zero-order chi connectivity index (χ0) is 19.1. The highest BCUT2D eigenvalue weighted by molar-refractivity contribution is 6.32. The Labute approximate surface area is 170 Å². The third-order valence-electron chi connectivity index (χ3n) is 3.86. The number of nitrogens with two attached hydrogens (primary N) is 1. The summed E-state index contributed by atoms with van der Waals surface area (Å²) >= 11 is 6.20. The number of nitrogens with zero attached hydrogens (tertiary/aromatic N) is 1. The van der Waals surface area contributed by atoms with E-state index in [0.29, 0.717) is 40.8 Å². The van der Waals surface area contributed by atoms with Crippen LogP contribution in [-0.2, 0) is 4.79 Å². The average Bonchev–Trinajstić information content (AvgIpc) is 2.62. The Hall–Kier alpha value is -2.44. The molecule has 0 aliphatic heterocycles. The van der Waals surface area contributed by atoms with E-state index in [0.717, 1.165) is 0 Å². The summed E-state index contributed by atoms with van der Waals surface area (Å²) < 4.78 is 5.49. The van der Waals surface area contributed by atoms with Crippen LogP contribution >= 0.6 is 24.0 Å². The molecule has 2 amide bonds. The lowest BCUT2D eigenvalue weighted by Gasteiger charge is -2.19. The minimum atomic E-state index is -0.329. The molecule has 6 nitrogen and oxygen atoms in total. The first-order chi connectivity index (χ1) is 12.5. The van der Waals surface area contributed by atoms with Crippen LogP contribution in [0.1, 0.15) is 24.2 Å². The van der Waals surface area contributed by atoms with Crippen molar-refractivity contribution in [3.63, 3.8) is 0 Å². The van der Waals surface area contributed by atoms with Gasteiger partial charge in [0, 0.05) is 24.5 Å². The summed E-state index contributed by atoms with van der Waals surface area (Å²) in [6.07, 6.45) is 0. The number of anilines is 2. The predicted molar refractivity (Wildman–Crippen MR) is 111 cm³/mol. The summed E-state index contributed by atoms with van der Waals surface area (Å²) in [4.78, 5) is 25.9. The maximum absolute atomic E-state index is 12.3. The number of amides is 2. The lowest BCUT2D eigenvalue weighted by molar-refractivity contribution is -0.132. The quantitative estimate of drug-likeness (QED) is 0.677. The number of benzene rings is 2. The highest BCUT2D eigenvalue weighted by Crippen LogP contribution is 2.28. The smallest absolute Gasteiger partial charge is 0.260 e. The molecular formula is C19H23Cl2N3O3. The lowest BCUT2D eigenvalue weighted by atomic mass is 10.1. The van der Waals surface area contributed by atoms with E-state index in [9.17, 15) is 9.59 Å². The Kier molecular flexibility index (Phi) is 8.91. The van der Waals surface area contributed by atoms with Crippen LogP contribution in [0.5, 0.6) is 5.75 Å². The molecule has 8 heteroatoms. The Morgan fingerprint density at radius 1 is 1.15 bits per heavy atom. The molecule has 0 unspecified atom stereocenters. The van der Waals surface area contributed by atoms with Gasteiger partial charge >= 0.3 is 0 Å². The first kappa shape index (κ1) is 22.6. The fourth-order valence-corrected chi connectivity index (χ4v) is 2.64. The van der Waals surface area contributed by atoms with Gasteiger partial charge in [-0.05, 0) is 44.2 Å². The Bertz CT molecular complexity index is 796. The number of nitrogens with one attached hydrogen (secondary N) is 1. The van der Waals surface area contributed by atoms with Gasteiger partial charge in [0.05, 0.1) is 10.6 Å². The molecule has 0 saturated carbocycles. The van der Waals surface area contributed by atoms with Crippen molar-refractivity contribution >= 4 is 47.2 Å². The second kappa shape index (κ2) is 10.6. The van der Waals surface area contributed by atoms with Crippen LogP contribution in [0, 0.1) is 0 Å². The number of nitrogen functional groups attached to an aromatic ring is 1. The molecule has 2 aromatic rings. The monoisotopic (exact) mass is 411 g/mol. The van der Waals surface area contributed by atoms with Gasteiger partial charge in [-0.3, -0.25) is 9.59 Å². The molecule has 146 valence electrons. The number of rotatable bonds is 7. The van der Waals surface area contributed by atoms with E-state index in [1.165, 1.54) is 0 Å². The van der Waals surface area contributed by atoms with Crippen LogP contribution in [0.4, 0.5) is 11.4 Å². The van der Waals surface area contributed by atoms with E-state index in [4.69, 9.17) is 22.1 Å². The van der Waals surface area contributed by atoms with Gasteiger partial charge in [0.1, 0.15) is 5.75 Å². The molecular weight excluding hydrogens is 389 g/mol. The number of ether oxygens (including phenoxy) is 1. The molecule has 2 aromatic carbocycles. The summed E-state index contributed by atoms with van der Waals surface area (Å²) in [5.41, 5.74) is 7.08. The number of likely N-dealkylation sites (N-methyl/N-ethyl adjacent to an activating group) is 1.